The Kier molecular flexibility index (Phi) is 3.02. The third kappa shape index (κ3) is 2.54. The largest absolute Gasteiger partial charge is 0.283 e. The Bertz CT molecular complexity index is 512. The van der Waals surface area contributed by atoms with Gasteiger partial charge < -0.3 is 0 Å². The number of hydrogen-bond donors (Lipinski definition) is 1. The molecule has 5 heteroatoms. The number of H-pyrrole nitrogens is 1. The van der Waals surface area contributed by atoms with Crippen molar-refractivity contribution in [3.8, 4) is 0 Å². The number of aromatic amines is 1. The minimum absolute atomic E-state index is 0.585. The van der Waals surface area contributed by atoms with Crippen LogP contribution < -0.4 is 0 Å². The molecular formula is C10H10BrN3S. The van der Waals surface area contributed by atoms with Gasteiger partial charge in [0.05, 0.1) is 0 Å². The van der Waals surface area contributed by atoms with Crippen LogP contribution >= 0.6 is 28.1 Å². The van der Waals surface area contributed by atoms with E-state index in [1.807, 2.05) is 19.2 Å². The van der Waals surface area contributed by atoms with Gasteiger partial charge >= 0.3 is 0 Å². The third-order valence-electron chi connectivity index (χ3n) is 2.10. The van der Waals surface area contributed by atoms with Gasteiger partial charge in [-0.25, -0.2) is 4.98 Å². The van der Waals surface area contributed by atoms with Crippen LogP contribution in [0.1, 0.15) is 11.4 Å². The quantitative estimate of drug-likeness (QED) is 0.860. The van der Waals surface area contributed by atoms with Gasteiger partial charge in [-0.2, -0.15) is 0 Å². The van der Waals surface area contributed by atoms with E-state index in [-0.39, 0.29) is 0 Å². The number of benzene rings is 1. The number of nitrogens with one attached hydrogen (secondary N) is 1. The SMILES string of the molecule is Cn1[nH]c(Cc2ccc(Br)cc2)nc1=S. The highest BCUT2D eigenvalue weighted by Gasteiger charge is 2.00. The molecule has 0 fully saturated rings. The highest BCUT2D eigenvalue weighted by Crippen LogP contribution is 2.12. The van der Waals surface area contributed by atoms with Gasteiger partial charge in [0.25, 0.3) is 0 Å². The number of nitrogens with zero attached hydrogens (tertiary/aromatic N) is 2. The van der Waals surface area contributed by atoms with Crippen molar-refractivity contribution in [3.05, 3.63) is 44.9 Å². The Labute approximate surface area is 101 Å². The molecule has 0 bridgehead atoms. The molecule has 2 rings (SSSR count). The molecule has 0 aliphatic rings. The van der Waals surface area contributed by atoms with E-state index in [0.717, 1.165) is 16.7 Å². The number of aromatic nitrogens is 3. The Balaban J connectivity index is 2.22. The second kappa shape index (κ2) is 4.28. The molecule has 0 saturated heterocycles. The molecule has 78 valence electrons. The average Bonchev–Trinajstić information content (AvgIpc) is 2.50. The van der Waals surface area contributed by atoms with Crippen molar-refractivity contribution in [2.75, 3.05) is 0 Å². The third-order valence-corrected chi connectivity index (χ3v) is 2.99. The summed E-state index contributed by atoms with van der Waals surface area (Å²) in [5.41, 5.74) is 1.21. The minimum atomic E-state index is 0.585. The van der Waals surface area contributed by atoms with Crippen LogP contribution in [0.5, 0.6) is 0 Å². The molecule has 0 atom stereocenters. The summed E-state index contributed by atoms with van der Waals surface area (Å²) in [7, 11) is 1.86. The fourth-order valence-electron chi connectivity index (χ4n) is 1.33. The Morgan fingerprint density at radius 2 is 2.07 bits per heavy atom. The van der Waals surface area contributed by atoms with E-state index in [9.17, 15) is 0 Å². The van der Waals surface area contributed by atoms with Crippen molar-refractivity contribution in [2.45, 2.75) is 6.42 Å². The zero-order chi connectivity index (χ0) is 10.8. The molecule has 1 N–H and O–H groups in total. The number of rotatable bonds is 2. The van der Waals surface area contributed by atoms with Crippen LogP contribution in [0.3, 0.4) is 0 Å². The van der Waals surface area contributed by atoms with Gasteiger partial charge in [0.1, 0.15) is 5.82 Å². The summed E-state index contributed by atoms with van der Waals surface area (Å²) in [4.78, 5) is 4.24. The van der Waals surface area contributed by atoms with Crippen LogP contribution in [0, 0.1) is 4.77 Å². The van der Waals surface area contributed by atoms with Crippen molar-refractivity contribution < 1.29 is 0 Å². The number of halogens is 1. The Morgan fingerprint density at radius 3 is 2.60 bits per heavy atom. The van der Waals surface area contributed by atoms with Crippen molar-refractivity contribution in [2.24, 2.45) is 7.05 Å². The van der Waals surface area contributed by atoms with Crippen molar-refractivity contribution in [1.82, 2.24) is 14.8 Å². The molecule has 0 saturated carbocycles. The summed E-state index contributed by atoms with van der Waals surface area (Å²) in [6, 6.07) is 8.17. The van der Waals surface area contributed by atoms with Crippen molar-refractivity contribution in [1.29, 1.82) is 0 Å². The van der Waals surface area contributed by atoms with Crippen molar-refractivity contribution >= 4 is 28.1 Å². The predicted octanol–water partition coefficient (Wildman–Crippen LogP) is 2.83. The van der Waals surface area contributed by atoms with E-state index in [1.165, 1.54) is 5.56 Å². The molecule has 0 unspecified atom stereocenters. The Morgan fingerprint density at radius 1 is 1.40 bits per heavy atom. The van der Waals surface area contributed by atoms with Crippen molar-refractivity contribution in [3.63, 3.8) is 0 Å². The van der Waals surface area contributed by atoms with E-state index in [2.05, 4.69) is 38.1 Å². The van der Waals surface area contributed by atoms with Gasteiger partial charge in [0.2, 0.25) is 4.77 Å². The lowest BCUT2D eigenvalue weighted by Crippen LogP contribution is -1.93. The van der Waals surface area contributed by atoms with Crippen LogP contribution in [-0.4, -0.2) is 14.8 Å². The summed E-state index contributed by atoms with van der Waals surface area (Å²) < 4.78 is 3.41. The van der Waals surface area contributed by atoms with E-state index < -0.39 is 0 Å². The highest BCUT2D eigenvalue weighted by molar-refractivity contribution is 9.10. The van der Waals surface area contributed by atoms with Gasteiger partial charge in [0.15, 0.2) is 0 Å². The number of hydrogen-bond acceptors (Lipinski definition) is 2. The lowest BCUT2D eigenvalue weighted by atomic mass is 10.1. The monoisotopic (exact) mass is 283 g/mol. The molecule has 0 aliphatic carbocycles. The smallest absolute Gasteiger partial charge is 0.215 e. The second-order valence-electron chi connectivity index (χ2n) is 3.32. The summed E-state index contributed by atoms with van der Waals surface area (Å²) in [6.07, 6.45) is 0.776. The maximum Gasteiger partial charge on any atom is 0.215 e. The molecule has 0 spiro atoms. The van der Waals surface area contributed by atoms with Crippen LogP contribution in [0.4, 0.5) is 0 Å². The first-order valence-electron chi connectivity index (χ1n) is 4.51. The molecule has 1 heterocycles. The standard InChI is InChI=1S/C10H10BrN3S/c1-14-10(15)12-9(13-14)6-7-2-4-8(11)5-3-7/h2-5H,6H2,1H3,(H,12,13,15). The fourth-order valence-corrected chi connectivity index (χ4v) is 1.75. The average molecular weight is 284 g/mol. The van der Waals surface area contributed by atoms with Crippen LogP contribution in [0.15, 0.2) is 28.7 Å². The zero-order valence-electron chi connectivity index (χ0n) is 8.20. The summed E-state index contributed by atoms with van der Waals surface area (Å²) >= 11 is 8.43. The lowest BCUT2D eigenvalue weighted by molar-refractivity contribution is 0.740. The van der Waals surface area contributed by atoms with Gasteiger partial charge in [-0.05, 0) is 29.9 Å². The normalized spacial score (nSPS) is 10.5. The topological polar surface area (TPSA) is 33.6 Å². The van der Waals surface area contributed by atoms with Gasteiger partial charge in [-0.1, -0.05) is 28.1 Å². The first-order valence-corrected chi connectivity index (χ1v) is 5.71. The molecule has 15 heavy (non-hydrogen) atoms. The van der Waals surface area contributed by atoms with Crippen LogP contribution in [0.2, 0.25) is 0 Å². The summed E-state index contributed by atoms with van der Waals surface area (Å²) in [5.74, 6) is 0.893. The predicted molar refractivity (Wildman–Crippen MR) is 65.3 cm³/mol. The van der Waals surface area contributed by atoms with Gasteiger partial charge in [0, 0.05) is 17.9 Å². The van der Waals surface area contributed by atoms with E-state index in [4.69, 9.17) is 12.2 Å². The lowest BCUT2D eigenvalue weighted by Gasteiger charge is -1.97. The maximum absolute atomic E-state index is 5.02. The summed E-state index contributed by atoms with van der Waals surface area (Å²) in [5, 5.41) is 3.10. The molecular weight excluding hydrogens is 274 g/mol. The molecule has 1 aromatic carbocycles. The first kappa shape index (κ1) is 10.6. The number of aryl methyl sites for hydroxylation is 1. The molecule has 0 aliphatic heterocycles. The minimum Gasteiger partial charge on any atom is -0.283 e. The zero-order valence-corrected chi connectivity index (χ0v) is 10.6. The van der Waals surface area contributed by atoms with Crippen LogP contribution in [0.25, 0.3) is 0 Å². The van der Waals surface area contributed by atoms with E-state index in [0.29, 0.717) is 4.77 Å². The van der Waals surface area contributed by atoms with E-state index in [1.54, 1.807) is 4.68 Å². The Hall–Kier alpha value is -0.940. The molecule has 3 nitrogen and oxygen atoms in total. The molecule has 0 radical (unpaired) electrons. The van der Waals surface area contributed by atoms with Crippen LogP contribution in [-0.2, 0) is 13.5 Å². The molecule has 0 amide bonds. The maximum atomic E-state index is 5.02. The molecule has 1 aromatic heterocycles. The van der Waals surface area contributed by atoms with E-state index >= 15 is 0 Å². The van der Waals surface area contributed by atoms with Gasteiger partial charge in [-0.15, -0.1) is 0 Å². The fraction of sp³-hybridized carbons (Fsp3) is 0.200. The second-order valence-corrected chi connectivity index (χ2v) is 4.60. The molecule has 2 aromatic rings. The highest BCUT2D eigenvalue weighted by atomic mass is 79.9. The van der Waals surface area contributed by atoms with Gasteiger partial charge in [-0.3, -0.25) is 9.78 Å². The summed E-state index contributed by atoms with van der Waals surface area (Å²) in [6.45, 7) is 0. The first-order chi connectivity index (χ1) is 7.15.